The van der Waals surface area contributed by atoms with Gasteiger partial charge in [-0.2, -0.15) is 0 Å². The fraction of sp³-hybridized carbons (Fsp3) is 0.714. The van der Waals surface area contributed by atoms with Crippen LogP contribution in [-0.4, -0.2) is 18.6 Å². The van der Waals surface area contributed by atoms with Crippen LogP contribution in [0.2, 0.25) is 0 Å². The van der Waals surface area contributed by atoms with E-state index in [1.807, 2.05) is 0 Å². The minimum absolute atomic E-state index is 0.145. The van der Waals surface area contributed by atoms with Gasteiger partial charge in [0, 0.05) is 12.8 Å². The van der Waals surface area contributed by atoms with Gasteiger partial charge in [-0.3, -0.25) is 14.0 Å². The number of alkyl halides is 1. The number of hydrogen-bond donors (Lipinski definition) is 0. The molecule has 62 valence electrons. The lowest BCUT2D eigenvalue weighted by Gasteiger charge is -2.17. The molecule has 4 heteroatoms. The standard InChI is InChI=1S/C7H9FO3/c8-2-1-5-3-6(9)11-7(10)4-5/h5H,1-4H2. The van der Waals surface area contributed by atoms with Crippen molar-refractivity contribution in [2.24, 2.45) is 5.92 Å². The van der Waals surface area contributed by atoms with E-state index in [0.717, 1.165) is 0 Å². The first kappa shape index (κ1) is 8.17. The molecule has 0 radical (unpaired) electrons. The molecule has 3 nitrogen and oxygen atoms in total. The van der Waals surface area contributed by atoms with Gasteiger partial charge in [-0.1, -0.05) is 0 Å². The molecule has 1 rings (SSSR count). The van der Waals surface area contributed by atoms with E-state index in [2.05, 4.69) is 4.74 Å². The van der Waals surface area contributed by atoms with Gasteiger partial charge in [-0.05, 0) is 12.3 Å². The van der Waals surface area contributed by atoms with E-state index < -0.39 is 18.6 Å². The molecule has 1 aliphatic rings. The number of cyclic esters (lactones) is 2. The van der Waals surface area contributed by atoms with E-state index in [-0.39, 0.29) is 25.2 Å². The van der Waals surface area contributed by atoms with Gasteiger partial charge in [0.15, 0.2) is 0 Å². The molecule has 0 unspecified atom stereocenters. The third kappa shape index (κ3) is 2.29. The Morgan fingerprint density at radius 1 is 1.36 bits per heavy atom. The molecule has 0 atom stereocenters. The molecule has 0 spiro atoms. The number of carbonyl (C=O) groups excluding carboxylic acids is 2. The lowest BCUT2D eigenvalue weighted by atomic mass is 9.96. The minimum Gasteiger partial charge on any atom is -0.393 e. The topological polar surface area (TPSA) is 43.4 Å². The number of esters is 2. The predicted octanol–water partition coefficient (Wildman–Crippen LogP) is 0.826. The van der Waals surface area contributed by atoms with Crippen molar-refractivity contribution in [2.75, 3.05) is 6.67 Å². The monoisotopic (exact) mass is 160 g/mol. The Bertz CT molecular complexity index is 163. The van der Waals surface area contributed by atoms with Gasteiger partial charge in [0.1, 0.15) is 0 Å². The molecule has 0 aliphatic carbocycles. The summed E-state index contributed by atoms with van der Waals surface area (Å²) >= 11 is 0. The molecule has 1 fully saturated rings. The van der Waals surface area contributed by atoms with Gasteiger partial charge in [0.25, 0.3) is 0 Å². The van der Waals surface area contributed by atoms with E-state index in [4.69, 9.17) is 0 Å². The van der Waals surface area contributed by atoms with Crippen LogP contribution in [0.15, 0.2) is 0 Å². The predicted molar refractivity (Wildman–Crippen MR) is 34.4 cm³/mol. The first-order valence-electron chi connectivity index (χ1n) is 3.52. The van der Waals surface area contributed by atoms with E-state index in [1.165, 1.54) is 0 Å². The maximum Gasteiger partial charge on any atom is 0.313 e. The smallest absolute Gasteiger partial charge is 0.313 e. The summed E-state index contributed by atoms with van der Waals surface area (Å²) in [5, 5.41) is 0. The molecule has 0 aromatic heterocycles. The largest absolute Gasteiger partial charge is 0.393 e. The van der Waals surface area contributed by atoms with E-state index in [9.17, 15) is 14.0 Å². The highest BCUT2D eigenvalue weighted by Gasteiger charge is 2.26. The van der Waals surface area contributed by atoms with Crippen molar-refractivity contribution in [3.63, 3.8) is 0 Å². The van der Waals surface area contributed by atoms with Crippen molar-refractivity contribution in [1.82, 2.24) is 0 Å². The minimum atomic E-state index is -0.528. The van der Waals surface area contributed by atoms with Crippen molar-refractivity contribution >= 4 is 11.9 Å². The fourth-order valence-corrected chi connectivity index (χ4v) is 1.11. The van der Waals surface area contributed by atoms with Crippen LogP contribution in [0.1, 0.15) is 19.3 Å². The number of halogens is 1. The molecular formula is C7H9FO3. The van der Waals surface area contributed by atoms with Gasteiger partial charge in [0.05, 0.1) is 6.67 Å². The second kappa shape index (κ2) is 3.46. The maximum absolute atomic E-state index is 11.8. The molecule has 11 heavy (non-hydrogen) atoms. The fourth-order valence-electron chi connectivity index (χ4n) is 1.11. The Morgan fingerprint density at radius 3 is 2.36 bits per heavy atom. The maximum atomic E-state index is 11.8. The Hall–Kier alpha value is -0.930. The van der Waals surface area contributed by atoms with Crippen molar-refractivity contribution in [1.29, 1.82) is 0 Å². The normalized spacial score (nSPS) is 20.1. The van der Waals surface area contributed by atoms with Gasteiger partial charge < -0.3 is 4.74 Å². The van der Waals surface area contributed by atoms with E-state index in [0.29, 0.717) is 0 Å². The second-order valence-corrected chi connectivity index (χ2v) is 2.60. The van der Waals surface area contributed by atoms with Crippen molar-refractivity contribution in [3.8, 4) is 0 Å². The Labute approximate surface area is 63.5 Å². The van der Waals surface area contributed by atoms with E-state index in [1.54, 1.807) is 0 Å². The average Bonchev–Trinajstić information content (AvgIpc) is 1.85. The van der Waals surface area contributed by atoms with Gasteiger partial charge >= 0.3 is 11.9 Å². The van der Waals surface area contributed by atoms with Gasteiger partial charge in [-0.25, -0.2) is 0 Å². The van der Waals surface area contributed by atoms with Crippen LogP contribution in [0.5, 0.6) is 0 Å². The molecule has 0 aromatic carbocycles. The number of carbonyl (C=O) groups is 2. The van der Waals surface area contributed by atoms with Crippen LogP contribution in [0.3, 0.4) is 0 Å². The van der Waals surface area contributed by atoms with Crippen LogP contribution in [0.25, 0.3) is 0 Å². The molecule has 1 aliphatic heterocycles. The van der Waals surface area contributed by atoms with Gasteiger partial charge in [0.2, 0.25) is 0 Å². The zero-order chi connectivity index (χ0) is 8.27. The first-order valence-corrected chi connectivity index (χ1v) is 3.52. The van der Waals surface area contributed by atoms with Crippen LogP contribution < -0.4 is 0 Å². The third-order valence-electron chi connectivity index (χ3n) is 1.66. The van der Waals surface area contributed by atoms with Crippen molar-refractivity contribution in [2.45, 2.75) is 19.3 Å². The van der Waals surface area contributed by atoms with Crippen LogP contribution >= 0.6 is 0 Å². The molecule has 0 aromatic rings. The van der Waals surface area contributed by atoms with Crippen LogP contribution in [0.4, 0.5) is 4.39 Å². The molecule has 1 heterocycles. The lowest BCUT2D eigenvalue weighted by molar-refractivity contribution is -0.165. The summed E-state index contributed by atoms with van der Waals surface area (Å²) in [6.07, 6.45) is 0.631. The summed E-state index contributed by atoms with van der Waals surface area (Å²) < 4.78 is 16.0. The first-order chi connectivity index (χ1) is 5.22. The highest BCUT2D eigenvalue weighted by molar-refractivity contribution is 5.88. The summed E-state index contributed by atoms with van der Waals surface area (Å²) in [5.41, 5.74) is 0. The van der Waals surface area contributed by atoms with Crippen molar-refractivity contribution < 1.29 is 18.7 Å². The Balaban J connectivity index is 2.43. The highest BCUT2D eigenvalue weighted by atomic mass is 19.1. The van der Waals surface area contributed by atoms with Crippen LogP contribution in [-0.2, 0) is 14.3 Å². The lowest BCUT2D eigenvalue weighted by Crippen LogP contribution is -2.25. The molecular weight excluding hydrogens is 151 g/mol. The second-order valence-electron chi connectivity index (χ2n) is 2.60. The summed E-state index contributed by atoms with van der Waals surface area (Å²) in [6.45, 7) is -0.481. The molecule has 1 saturated heterocycles. The molecule has 0 amide bonds. The quantitative estimate of drug-likeness (QED) is 0.443. The zero-order valence-corrected chi connectivity index (χ0v) is 6.01. The number of ether oxygens (including phenoxy) is 1. The SMILES string of the molecule is O=C1CC(CCF)CC(=O)O1. The van der Waals surface area contributed by atoms with E-state index >= 15 is 0 Å². The third-order valence-corrected chi connectivity index (χ3v) is 1.66. The number of hydrogen-bond acceptors (Lipinski definition) is 3. The Kier molecular flexibility index (Phi) is 2.57. The summed E-state index contributed by atoms with van der Waals surface area (Å²) in [6, 6.07) is 0. The molecule has 0 N–H and O–H groups in total. The zero-order valence-electron chi connectivity index (χ0n) is 6.01. The summed E-state index contributed by atoms with van der Waals surface area (Å²) in [4.78, 5) is 21.2. The Morgan fingerprint density at radius 2 is 1.91 bits per heavy atom. The van der Waals surface area contributed by atoms with Gasteiger partial charge in [-0.15, -0.1) is 0 Å². The average molecular weight is 160 g/mol. The molecule has 0 saturated carbocycles. The van der Waals surface area contributed by atoms with Crippen LogP contribution in [0, 0.1) is 5.92 Å². The summed E-state index contributed by atoms with van der Waals surface area (Å²) in [7, 11) is 0. The summed E-state index contributed by atoms with van der Waals surface area (Å²) in [5.74, 6) is -1.20. The van der Waals surface area contributed by atoms with Crippen molar-refractivity contribution in [3.05, 3.63) is 0 Å². The molecule has 0 bridgehead atoms. The highest BCUT2D eigenvalue weighted by Crippen LogP contribution is 2.19. The number of rotatable bonds is 2.